The second kappa shape index (κ2) is 6.52. The molecule has 1 aliphatic rings. The fourth-order valence-electron chi connectivity index (χ4n) is 2.00. The molecule has 1 atom stereocenters. The van der Waals surface area contributed by atoms with Crippen LogP contribution < -0.4 is 4.72 Å². The van der Waals surface area contributed by atoms with Crippen molar-refractivity contribution in [3.05, 3.63) is 0 Å². The zero-order valence-corrected chi connectivity index (χ0v) is 11.9. The number of sulfonamides is 1. The molecular weight excluding hydrogens is 254 g/mol. The summed E-state index contributed by atoms with van der Waals surface area (Å²) in [4.78, 5) is 10.5. The van der Waals surface area contributed by atoms with Crippen molar-refractivity contribution in [1.29, 1.82) is 0 Å². The van der Waals surface area contributed by atoms with Gasteiger partial charge in [0.2, 0.25) is 10.0 Å². The molecule has 0 saturated heterocycles. The lowest BCUT2D eigenvalue weighted by atomic mass is 9.88. The quantitative estimate of drug-likeness (QED) is 0.670. The number of hydrogen-bond donors (Lipinski definition) is 2. The minimum absolute atomic E-state index is 0.151. The lowest BCUT2D eigenvalue weighted by Gasteiger charge is -2.20. The highest BCUT2D eigenvalue weighted by atomic mass is 32.2. The van der Waals surface area contributed by atoms with E-state index in [1.807, 2.05) is 13.8 Å². The van der Waals surface area contributed by atoms with Crippen molar-refractivity contribution in [1.82, 2.24) is 4.72 Å². The third-order valence-electron chi connectivity index (χ3n) is 3.45. The van der Waals surface area contributed by atoms with E-state index in [1.165, 1.54) is 0 Å². The van der Waals surface area contributed by atoms with Gasteiger partial charge in [0.1, 0.15) is 0 Å². The monoisotopic (exact) mass is 277 g/mol. The van der Waals surface area contributed by atoms with E-state index in [0.29, 0.717) is 25.3 Å². The first-order valence-electron chi connectivity index (χ1n) is 6.53. The third kappa shape index (κ3) is 5.35. The van der Waals surface area contributed by atoms with Crippen molar-refractivity contribution in [3.8, 4) is 0 Å². The lowest BCUT2D eigenvalue weighted by Crippen LogP contribution is -2.30. The van der Waals surface area contributed by atoms with Crippen LogP contribution in [0.3, 0.4) is 0 Å². The van der Waals surface area contributed by atoms with Crippen LogP contribution in [-0.4, -0.2) is 31.3 Å². The molecule has 1 fully saturated rings. The highest BCUT2D eigenvalue weighted by Gasteiger charge is 2.35. The number of nitrogens with one attached hydrogen (secondary N) is 1. The lowest BCUT2D eigenvalue weighted by molar-refractivity contribution is -0.137. The van der Waals surface area contributed by atoms with Crippen molar-refractivity contribution >= 4 is 16.0 Å². The Bertz CT molecular complexity index is 374. The highest BCUT2D eigenvalue weighted by Crippen LogP contribution is 2.27. The Balaban J connectivity index is 2.30. The Morgan fingerprint density at radius 1 is 1.33 bits per heavy atom. The molecule has 0 radical (unpaired) electrons. The van der Waals surface area contributed by atoms with Gasteiger partial charge in [0, 0.05) is 13.0 Å². The Kier molecular flexibility index (Phi) is 5.59. The van der Waals surface area contributed by atoms with Gasteiger partial charge in [0.15, 0.2) is 0 Å². The van der Waals surface area contributed by atoms with Crippen LogP contribution in [0.25, 0.3) is 0 Å². The van der Waals surface area contributed by atoms with E-state index in [1.54, 1.807) is 0 Å². The van der Waals surface area contributed by atoms with Gasteiger partial charge in [-0.15, -0.1) is 0 Å². The SMILES string of the molecule is CC(C)C(CCNS(=O)(=O)C1CC1)CCC(=O)O. The van der Waals surface area contributed by atoms with Crippen molar-refractivity contribution in [2.24, 2.45) is 11.8 Å². The minimum Gasteiger partial charge on any atom is -0.481 e. The zero-order valence-electron chi connectivity index (χ0n) is 11.1. The van der Waals surface area contributed by atoms with Crippen molar-refractivity contribution in [3.63, 3.8) is 0 Å². The molecule has 0 aromatic heterocycles. The maximum Gasteiger partial charge on any atom is 0.303 e. The van der Waals surface area contributed by atoms with Crippen molar-refractivity contribution in [2.45, 2.75) is 51.2 Å². The fourth-order valence-corrected chi connectivity index (χ4v) is 3.40. The van der Waals surface area contributed by atoms with Crippen LogP contribution in [-0.2, 0) is 14.8 Å². The largest absolute Gasteiger partial charge is 0.481 e. The number of carboxylic acids is 1. The Labute approximate surface area is 109 Å². The average molecular weight is 277 g/mol. The van der Waals surface area contributed by atoms with Gasteiger partial charge in [-0.3, -0.25) is 4.79 Å². The van der Waals surface area contributed by atoms with E-state index in [-0.39, 0.29) is 17.6 Å². The van der Waals surface area contributed by atoms with Crippen LogP contribution in [0.5, 0.6) is 0 Å². The van der Waals surface area contributed by atoms with Gasteiger partial charge < -0.3 is 5.11 Å². The second-order valence-electron chi connectivity index (χ2n) is 5.36. The summed E-state index contributed by atoms with van der Waals surface area (Å²) in [5.74, 6) is -0.169. The molecule has 0 spiro atoms. The molecule has 0 bridgehead atoms. The Morgan fingerprint density at radius 2 is 1.94 bits per heavy atom. The molecular formula is C12H23NO4S. The van der Waals surface area contributed by atoms with E-state index >= 15 is 0 Å². The van der Waals surface area contributed by atoms with Crippen LogP contribution in [0, 0.1) is 11.8 Å². The predicted octanol–water partition coefficient (Wildman–Crippen LogP) is 1.60. The topological polar surface area (TPSA) is 83.5 Å². The summed E-state index contributed by atoms with van der Waals surface area (Å²) in [6.07, 6.45) is 3.00. The summed E-state index contributed by atoms with van der Waals surface area (Å²) in [6, 6.07) is 0. The van der Waals surface area contributed by atoms with Gasteiger partial charge in [0.25, 0.3) is 0 Å². The van der Waals surface area contributed by atoms with E-state index in [2.05, 4.69) is 4.72 Å². The van der Waals surface area contributed by atoms with Crippen molar-refractivity contribution in [2.75, 3.05) is 6.54 Å². The molecule has 6 heteroatoms. The predicted molar refractivity (Wildman–Crippen MR) is 69.8 cm³/mol. The molecule has 1 saturated carbocycles. The number of hydrogen-bond acceptors (Lipinski definition) is 3. The molecule has 0 amide bonds. The first kappa shape index (κ1) is 15.4. The summed E-state index contributed by atoms with van der Waals surface area (Å²) < 4.78 is 25.8. The van der Waals surface area contributed by atoms with E-state index in [9.17, 15) is 13.2 Å². The van der Waals surface area contributed by atoms with Gasteiger partial charge in [-0.05, 0) is 37.5 Å². The zero-order chi connectivity index (χ0) is 13.8. The smallest absolute Gasteiger partial charge is 0.303 e. The number of rotatable bonds is 9. The number of carbonyl (C=O) groups is 1. The van der Waals surface area contributed by atoms with Gasteiger partial charge in [-0.25, -0.2) is 13.1 Å². The Hall–Kier alpha value is -0.620. The molecule has 5 nitrogen and oxygen atoms in total. The van der Waals surface area contributed by atoms with Gasteiger partial charge >= 0.3 is 5.97 Å². The molecule has 0 heterocycles. The average Bonchev–Trinajstić information content (AvgIpc) is 3.05. The second-order valence-corrected chi connectivity index (χ2v) is 7.41. The molecule has 2 N–H and O–H groups in total. The summed E-state index contributed by atoms with van der Waals surface area (Å²) in [7, 11) is -3.11. The summed E-state index contributed by atoms with van der Waals surface area (Å²) in [6.45, 7) is 4.51. The fraction of sp³-hybridized carbons (Fsp3) is 0.917. The first-order valence-corrected chi connectivity index (χ1v) is 8.08. The standard InChI is InChI=1S/C12H23NO4S/c1-9(2)10(3-6-12(14)15)7-8-13-18(16,17)11-4-5-11/h9-11,13H,3-8H2,1-2H3,(H,14,15). The number of carboxylic acid groups (broad SMARTS) is 1. The third-order valence-corrected chi connectivity index (χ3v) is 5.41. The maximum absolute atomic E-state index is 11.6. The molecule has 18 heavy (non-hydrogen) atoms. The maximum atomic E-state index is 11.6. The minimum atomic E-state index is -3.11. The van der Waals surface area contributed by atoms with Crippen LogP contribution >= 0.6 is 0 Å². The Morgan fingerprint density at radius 3 is 2.39 bits per heavy atom. The molecule has 0 aliphatic heterocycles. The molecule has 0 aromatic rings. The van der Waals surface area contributed by atoms with Crippen LogP contribution in [0.15, 0.2) is 0 Å². The van der Waals surface area contributed by atoms with Gasteiger partial charge in [-0.1, -0.05) is 13.8 Å². The summed E-state index contributed by atoms with van der Waals surface area (Å²) in [5, 5.41) is 8.48. The number of aliphatic carboxylic acids is 1. The van der Waals surface area contributed by atoms with Crippen LogP contribution in [0.1, 0.15) is 46.0 Å². The van der Waals surface area contributed by atoms with Crippen LogP contribution in [0.2, 0.25) is 0 Å². The first-order chi connectivity index (χ1) is 8.33. The van der Waals surface area contributed by atoms with E-state index < -0.39 is 16.0 Å². The summed E-state index contributed by atoms with van der Waals surface area (Å²) in [5.41, 5.74) is 0. The van der Waals surface area contributed by atoms with Gasteiger partial charge in [0.05, 0.1) is 5.25 Å². The van der Waals surface area contributed by atoms with Crippen LogP contribution in [0.4, 0.5) is 0 Å². The molecule has 1 unspecified atom stereocenters. The van der Waals surface area contributed by atoms with E-state index in [4.69, 9.17) is 5.11 Å². The molecule has 0 aromatic carbocycles. The van der Waals surface area contributed by atoms with E-state index in [0.717, 1.165) is 12.8 Å². The molecule has 1 rings (SSSR count). The molecule has 1 aliphatic carbocycles. The van der Waals surface area contributed by atoms with Crippen molar-refractivity contribution < 1.29 is 18.3 Å². The normalized spacial score (nSPS) is 17.9. The highest BCUT2D eigenvalue weighted by molar-refractivity contribution is 7.90. The van der Waals surface area contributed by atoms with Gasteiger partial charge in [-0.2, -0.15) is 0 Å². The summed E-state index contributed by atoms with van der Waals surface area (Å²) >= 11 is 0. The molecule has 106 valence electrons.